The number of rotatable bonds is 3. The lowest BCUT2D eigenvalue weighted by Crippen LogP contribution is -2.19. The quantitative estimate of drug-likeness (QED) is 0.858. The SMILES string of the molecule is CCC(C)C(N)c1nn(C)c2ccccc12. The van der Waals surface area contributed by atoms with E-state index in [1.165, 1.54) is 5.39 Å². The molecule has 2 N–H and O–H groups in total. The fraction of sp³-hybridized carbons (Fsp3) is 0.462. The summed E-state index contributed by atoms with van der Waals surface area (Å²) in [6, 6.07) is 8.27. The molecule has 0 aliphatic carbocycles. The van der Waals surface area contributed by atoms with E-state index < -0.39 is 0 Å². The maximum atomic E-state index is 6.25. The van der Waals surface area contributed by atoms with Crippen LogP contribution in [0.15, 0.2) is 24.3 Å². The molecule has 2 rings (SSSR count). The zero-order valence-corrected chi connectivity index (χ0v) is 10.1. The highest BCUT2D eigenvalue weighted by atomic mass is 15.3. The Morgan fingerprint density at radius 3 is 2.75 bits per heavy atom. The van der Waals surface area contributed by atoms with Gasteiger partial charge in [0.1, 0.15) is 0 Å². The number of hydrogen-bond acceptors (Lipinski definition) is 2. The van der Waals surface area contributed by atoms with Crippen molar-refractivity contribution in [1.29, 1.82) is 0 Å². The van der Waals surface area contributed by atoms with E-state index in [0.29, 0.717) is 5.92 Å². The highest BCUT2D eigenvalue weighted by Crippen LogP contribution is 2.27. The van der Waals surface area contributed by atoms with Gasteiger partial charge in [-0.05, 0) is 12.0 Å². The summed E-state index contributed by atoms with van der Waals surface area (Å²) in [5, 5.41) is 5.73. The topological polar surface area (TPSA) is 43.8 Å². The van der Waals surface area contributed by atoms with Crippen molar-refractivity contribution in [1.82, 2.24) is 9.78 Å². The first-order valence-electron chi connectivity index (χ1n) is 5.82. The number of para-hydroxylation sites is 1. The van der Waals surface area contributed by atoms with Crippen molar-refractivity contribution in [2.24, 2.45) is 18.7 Å². The zero-order valence-electron chi connectivity index (χ0n) is 10.1. The molecule has 0 bridgehead atoms. The normalized spacial score (nSPS) is 15.2. The highest BCUT2D eigenvalue weighted by molar-refractivity contribution is 5.82. The molecule has 0 radical (unpaired) electrons. The van der Waals surface area contributed by atoms with E-state index >= 15 is 0 Å². The summed E-state index contributed by atoms with van der Waals surface area (Å²) in [6.45, 7) is 4.34. The van der Waals surface area contributed by atoms with Gasteiger partial charge in [0, 0.05) is 12.4 Å². The van der Waals surface area contributed by atoms with Crippen molar-refractivity contribution in [3.8, 4) is 0 Å². The minimum atomic E-state index is 0.0242. The monoisotopic (exact) mass is 217 g/mol. The summed E-state index contributed by atoms with van der Waals surface area (Å²) in [6.07, 6.45) is 1.08. The first kappa shape index (κ1) is 11.1. The molecule has 0 amide bonds. The fourth-order valence-electron chi connectivity index (χ4n) is 2.01. The van der Waals surface area contributed by atoms with E-state index in [2.05, 4.69) is 31.1 Å². The number of nitrogens with two attached hydrogens (primary N) is 1. The standard InChI is InChI=1S/C13H19N3/c1-4-9(2)12(14)13-10-7-5-6-8-11(10)16(3)15-13/h5-9,12H,4,14H2,1-3H3. The minimum absolute atomic E-state index is 0.0242. The maximum absolute atomic E-state index is 6.25. The molecule has 16 heavy (non-hydrogen) atoms. The van der Waals surface area contributed by atoms with Crippen LogP contribution in [-0.2, 0) is 7.05 Å². The van der Waals surface area contributed by atoms with Crippen LogP contribution in [0.4, 0.5) is 0 Å². The number of hydrogen-bond donors (Lipinski definition) is 1. The molecule has 86 valence electrons. The third-order valence-corrected chi connectivity index (χ3v) is 3.36. The van der Waals surface area contributed by atoms with Crippen molar-refractivity contribution in [2.75, 3.05) is 0 Å². The molecule has 2 aromatic rings. The van der Waals surface area contributed by atoms with Crippen molar-refractivity contribution in [3.63, 3.8) is 0 Å². The summed E-state index contributed by atoms with van der Waals surface area (Å²) in [7, 11) is 1.97. The number of nitrogens with zero attached hydrogens (tertiary/aromatic N) is 2. The van der Waals surface area contributed by atoms with Gasteiger partial charge in [0.2, 0.25) is 0 Å². The van der Waals surface area contributed by atoms with E-state index in [1.807, 2.05) is 23.9 Å². The molecule has 3 nitrogen and oxygen atoms in total. The smallest absolute Gasteiger partial charge is 0.0873 e. The van der Waals surface area contributed by atoms with Crippen molar-refractivity contribution in [2.45, 2.75) is 26.3 Å². The first-order chi connectivity index (χ1) is 7.65. The lowest BCUT2D eigenvalue weighted by Gasteiger charge is -2.16. The lowest BCUT2D eigenvalue weighted by atomic mass is 9.95. The van der Waals surface area contributed by atoms with Crippen LogP contribution >= 0.6 is 0 Å². The Morgan fingerprint density at radius 2 is 2.06 bits per heavy atom. The van der Waals surface area contributed by atoms with E-state index in [9.17, 15) is 0 Å². The van der Waals surface area contributed by atoms with Gasteiger partial charge in [-0.25, -0.2) is 0 Å². The predicted molar refractivity (Wildman–Crippen MR) is 67.1 cm³/mol. The molecule has 3 heteroatoms. The summed E-state index contributed by atoms with van der Waals surface area (Å²) >= 11 is 0. The Kier molecular flexibility index (Phi) is 2.97. The maximum Gasteiger partial charge on any atom is 0.0873 e. The average Bonchev–Trinajstić information content (AvgIpc) is 2.65. The van der Waals surface area contributed by atoms with Crippen molar-refractivity contribution < 1.29 is 0 Å². The number of benzene rings is 1. The molecule has 0 spiro atoms. The second-order valence-electron chi connectivity index (χ2n) is 4.44. The van der Waals surface area contributed by atoms with E-state index in [1.54, 1.807) is 0 Å². The van der Waals surface area contributed by atoms with Crippen LogP contribution in [0.5, 0.6) is 0 Å². The fourth-order valence-corrected chi connectivity index (χ4v) is 2.01. The van der Waals surface area contributed by atoms with E-state index in [4.69, 9.17) is 5.73 Å². The van der Waals surface area contributed by atoms with Crippen LogP contribution in [0.25, 0.3) is 10.9 Å². The van der Waals surface area contributed by atoms with Crippen LogP contribution in [0, 0.1) is 5.92 Å². The van der Waals surface area contributed by atoms with Gasteiger partial charge < -0.3 is 5.73 Å². The highest BCUT2D eigenvalue weighted by Gasteiger charge is 2.19. The first-order valence-corrected chi connectivity index (χ1v) is 5.82. The summed E-state index contributed by atoms with van der Waals surface area (Å²) in [5.41, 5.74) is 8.42. The Labute approximate surface area is 96.2 Å². The molecule has 2 atom stereocenters. The van der Waals surface area contributed by atoms with Crippen LogP contribution in [0.1, 0.15) is 32.0 Å². The Hall–Kier alpha value is -1.35. The number of aromatic nitrogens is 2. The molecule has 0 aliphatic rings. The average molecular weight is 217 g/mol. The van der Waals surface area contributed by atoms with Gasteiger partial charge in [0.15, 0.2) is 0 Å². The minimum Gasteiger partial charge on any atom is -0.322 e. The van der Waals surface area contributed by atoms with Gasteiger partial charge in [-0.15, -0.1) is 0 Å². The van der Waals surface area contributed by atoms with Crippen LogP contribution < -0.4 is 5.73 Å². The second kappa shape index (κ2) is 4.26. The molecule has 2 unspecified atom stereocenters. The van der Waals surface area contributed by atoms with E-state index in [0.717, 1.165) is 17.6 Å². The molecular formula is C13H19N3. The van der Waals surface area contributed by atoms with Gasteiger partial charge in [-0.3, -0.25) is 4.68 Å². The number of aryl methyl sites for hydroxylation is 1. The van der Waals surface area contributed by atoms with Crippen LogP contribution in [-0.4, -0.2) is 9.78 Å². The second-order valence-corrected chi connectivity index (χ2v) is 4.44. The van der Waals surface area contributed by atoms with Gasteiger partial charge in [0.25, 0.3) is 0 Å². The van der Waals surface area contributed by atoms with Crippen LogP contribution in [0.2, 0.25) is 0 Å². The lowest BCUT2D eigenvalue weighted by molar-refractivity contribution is 0.447. The molecule has 0 fully saturated rings. The van der Waals surface area contributed by atoms with Gasteiger partial charge in [-0.2, -0.15) is 5.10 Å². The van der Waals surface area contributed by atoms with Gasteiger partial charge >= 0.3 is 0 Å². The van der Waals surface area contributed by atoms with E-state index in [-0.39, 0.29) is 6.04 Å². The Bertz CT molecular complexity index is 487. The van der Waals surface area contributed by atoms with Crippen LogP contribution in [0.3, 0.4) is 0 Å². The van der Waals surface area contributed by atoms with Crippen molar-refractivity contribution in [3.05, 3.63) is 30.0 Å². The van der Waals surface area contributed by atoms with Crippen molar-refractivity contribution >= 4 is 10.9 Å². The molecule has 1 heterocycles. The molecule has 1 aromatic carbocycles. The molecule has 1 aromatic heterocycles. The third-order valence-electron chi connectivity index (χ3n) is 3.36. The summed E-state index contributed by atoms with van der Waals surface area (Å²) < 4.78 is 1.91. The predicted octanol–water partition coefficient (Wildman–Crippen LogP) is 2.62. The third kappa shape index (κ3) is 1.71. The zero-order chi connectivity index (χ0) is 11.7. The largest absolute Gasteiger partial charge is 0.322 e. The Balaban J connectivity index is 2.52. The number of fused-ring (bicyclic) bond motifs is 1. The molecular weight excluding hydrogens is 198 g/mol. The molecule has 0 saturated carbocycles. The Morgan fingerprint density at radius 1 is 1.38 bits per heavy atom. The summed E-state index contributed by atoms with van der Waals surface area (Å²) in [4.78, 5) is 0. The molecule has 0 aliphatic heterocycles. The van der Waals surface area contributed by atoms with Gasteiger partial charge in [-0.1, -0.05) is 38.5 Å². The molecule has 0 saturated heterocycles. The summed E-state index contributed by atoms with van der Waals surface area (Å²) in [5.74, 6) is 0.457. The van der Waals surface area contributed by atoms with Gasteiger partial charge in [0.05, 0.1) is 17.3 Å².